The highest BCUT2D eigenvalue weighted by molar-refractivity contribution is 6.10. The van der Waals surface area contributed by atoms with Crippen LogP contribution < -0.4 is 10.1 Å². The van der Waals surface area contributed by atoms with Gasteiger partial charge in [-0.2, -0.15) is 5.26 Å². The molecule has 1 aromatic heterocycles. The van der Waals surface area contributed by atoms with Gasteiger partial charge >= 0.3 is 0 Å². The van der Waals surface area contributed by atoms with E-state index < -0.39 is 17.6 Å². The molecule has 0 bridgehead atoms. The van der Waals surface area contributed by atoms with E-state index in [0.717, 1.165) is 0 Å². The van der Waals surface area contributed by atoms with Gasteiger partial charge in [0.2, 0.25) is 11.7 Å². The molecule has 2 rings (SSSR count). The van der Waals surface area contributed by atoms with Crippen molar-refractivity contribution in [3.05, 3.63) is 48.2 Å². The fourth-order valence-corrected chi connectivity index (χ4v) is 1.86. The quantitative estimate of drug-likeness (QED) is 0.654. The van der Waals surface area contributed by atoms with Crippen molar-refractivity contribution in [2.24, 2.45) is 5.92 Å². The van der Waals surface area contributed by atoms with Crippen LogP contribution in [0.2, 0.25) is 0 Å². The Hall–Kier alpha value is -3.07. The molecule has 6 heteroatoms. The molecule has 0 aliphatic heterocycles. The van der Waals surface area contributed by atoms with Crippen LogP contribution in [-0.4, -0.2) is 17.7 Å². The minimum atomic E-state index is -1.45. The highest BCUT2D eigenvalue weighted by Gasteiger charge is 2.30. The van der Waals surface area contributed by atoms with Crippen LogP contribution in [0.25, 0.3) is 0 Å². The van der Waals surface area contributed by atoms with Crippen LogP contribution in [0, 0.1) is 17.2 Å². The number of Topliss-reactive ketones (excluding diaryl/α,β-unsaturated/α-hetero) is 1. The zero-order chi connectivity index (χ0) is 16.8. The number of hydrogen-bond acceptors (Lipinski definition) is 5. The molecule has 0 saturated carbocycles. The van der Waals surface area contributed by atoms with E-state index in [2.05, 4.69) is 5.32 Å². The van der Waals surface area contributed by atoms with Crippen molar-refractivity contribution < 1.29 is 18.7 Å². The summed E-state index contributed by atoms with van der Waals surface area (Å²) in [5.74, 6) is -2.23. The molecule has 0 radical (unpaired) electrons. The van der Waals surface area contributed by atoms with Crippen molar-refractivity contribution in [2.45, 2.75) is 19.9 Å². The van der Waals surface area contributed by atoms with Gasteiger partial charge in [-0.3, -0.25) is 9.59 Å². The summed E-state index contributed by atoms with van der Waals surface area (Å²) >= 11 is 0. The van der Waals surface area contributed by atoms with Crippen molar-refractivity contribution >= 4 is 11.7 Å². The predicted octanol–water partition coefficient (Wildman–Crippen LogP) is 2.92. The zero-order valence-electron chi connectivity index (χ0n) is 12.8. The number of nitrogens with one attached hydrogen (secondary N) is 1. The number of rotatable bonds is 6. The molecule has 0 fully saturated rings. The van der Waals surface area contributed by atoms with E-state index in [1.54, 1.807) is 44.2 Å². The van der Waals surface area contributed by atoms with Gasteiger partial charge in [0, 0.05) is 12.1 Å². The van der Waals surface area contributed by atoms with Crippen molar-refractivity contribution in [1.29, 1.82) is 5.26 Å². The summed E-state index contributed by atoms with van der Waals surface area (Å²) < 4.78 is 10.7. The Morgan fingerprint density at radius 3 is 2.48 bits per heavy atom. The Balaban J connectivity index is 2.11. The number of hydrogen-bond donors (Lipinski definition) is 1. The van der Waals surface area contributed by atoms with E-state index in [4.69, 9.17) is 14.4 Å². The molecule has 0 aliphatic carbocycles. The number of ether oxygens (including phenoxy) is 1. The highest BCUT2D eigenvalue weighted by atomic mass is 16.6. The van der Waals surface area contributed by atoms with Gasteiger partial charge in [0.25, 0.3) is 5.95 Å². The van der Waals surface area contributed by atoms with E-state index in [1.807, 2.05) is 6.07 Å². The molecule has 1 N–H and O–H groups in total. The van der Waals surface area contributed by atoms with E-state index in [9.17, 15) is 9.59 Å². The summed E-state index contributed by atoms with van der Waals surface area (Å²) in [5.41, 5.74) is 0. The Kier molecular flexibility index (Phi) is 5.15. The van der Waals surface area contributed by atoms with Crippen LogP contribution >= 0.6 is 0 Å². The van der Waals surface area contributed by atoms with Crippen LogP contribution in [0.15, 0.2) is 46.9 Å². The maximum atomic E-state index is 12.2. The second kappa shape index (κ2) is 7.27. The Morgan fingerprint density at radius 1 is 1.17 bits per heavy atom. The van der Waals surface area contributed by atoms with Crippen molar-refractivity contribution in [3.63, 3.8) is 0 Å². The SMILES string of the molecule is CC(C)NC(=O)C(C#N)C(=O)c1ccc(Oc2ccccc2)o1. The number of ketones is 1. The van der Waals surface area contributed by atoms with Gasteiger partial charge < -0.3 is 14.5 Å². The molecule has 1 heterocycles. The summed E-state index contributed by atoms with van der Waals surface area (Å²) in [5, 5.41) is 11.6. The fourth-order valence-electron chi connectivity index (χ4n) is 1.86. The average molecular weight is 312 g/mol. The minimum absolute atomic E-state index is 0.0959. The largest absolute Gasteiger partial charge is 0.426 e. The summed E-state index contributed by atoms with van der Waals surface area (Å²) in [6.45, 7) is 3.49. The van der Waals surface area contributed by atoms with Gasteiger partial charge in [-0.15, -0.1) is 0 Å². The van der Waals surface area contributed by atoms with Gasteiger partial charge in [0.1, 0.15) is 5.75 Å². The molecule has 0 aliphatic rings. The van der Waals surface area contributed by atoms with Crippen LogP contribution in [0.5, 0.6) is 11.7 Å². The summed E-state index contributed by atoms with van der Waals surface area (Å²) in [4.78, 5) is 24.1. The first-order chi connectivity index (χ1) is 11.0. The standard InChI is InChI=1S/C17H16N2O4/c1-11(2)19-17(21)13(10-18)16(20)14-8-9-15(23-14)22-12-6-4-3-5-7-12/h3-9,11,13H,1-2H3,(H,19,21). The highest BCUT2D eigenvalue weighted by Crippen LogP contribution is 2.24. The average Bonchev–Trinajstić information content (AvgIpc) is 2.96. The third-order valence-electron chi connectivity index (χ3n) is 2.87. The van der Waals surface area contributed by atoms with Crippen molar-refractivity contribution in [2.75, 3.05) is 0 Å². The maximum absolute atomic E-state index is 12.2. The molecule has 1 unspecified atom stereocenters. The normalized spacial score (nSPS) is 11.6. The summed E-state index contributed by atoms with van der Waals surface area (Å²) in [7, 11) is 0. The first kappa shape index (κ1) is 16.3. The number of benzene rings is 1. The van der Waals surface area contributed by atoms with E-state index in [-0.39, 0.29) is 17.7 Å². The number of nitriles is 1. The van der Waals surface area contributed by atoms with E-state index in [1.165, 1.54) is 12.1 Å². The number of carbonyl (C=O) groups is 2. The minimum Gasteiger partial charge on any atom is -0.426 e. The summed E-state index contributed by atoms with van der Waals surface area (Å²) in [6, 6.07) is 13.3. The number of carbonyl (C=O) groups excluding carboxylic acids is 2. The molecular formula is C17H16N2O4. The smallest absolute Gasteiger partial charge is 0.290 e. The summed E-state index contributed by atoms with van der Waals surface area (Å²) in [6.07, 6.45) is 0. The molecule has 2 aromatic rings. The topological polar surface area (TPSA) is 92.3 Å². The Bertz CT molecular complexity index is 729. The van der Waals surface area contributed by atoms with E-state index >= 15 is 0 Å². The van der Waals surface area contributed by atoms with Gasteiger partial charge in [0.15, 0.2) is 11.7 Å². The molecule has 0 spiro atoms. The van der Waals surface area contributed by atoms with Gasteiger partial charge in [-0.05, 0) is 32.0 Å². The van der Waals surface area contributed by atoms with Crippen LogP contribution in [-0.2, 0) is 4.79 Å². The molecule has 118 valence electrons. The van der Waals surface area contributed by atoms with Crippen LogP contribution in [0.3, 0.4) is 0 Å². The lowest BCUT2D eigenvalue weighted by Crippen LogP contribution is -2.38. The second-order valence-corrected chi connectivity index (χ2v) is 5.12. The van der Waals surface area contributed by atoms with Crippen LogP contribution in [0.1, 0.15) is 24.4 Å². The number of para-hydroxylation sites is 1. The molecule has 1 aromatic carbocycles. The Labute approximate surface area is 133 Å². The molecule has 6 nitrogen and oxygen atoms in total. The molecule has 23 heavy (non-hydrogen) atoms. The first-order valence-electron chi connectivity index (χ1n) is 7.08. The molecular weight excluding hydrogens is 296 g/mol. The lowest BCUT2D eigenvalue weighted by atomic mass is 10.0. The van der Waals surface area contributed by atoms with Crippen LogP contribution in [0.4, 0.5) is 0 Å². The van der Waals surface area contributed by atoms with Gasteiger partial charge in [-0.25, -0.2) is 0 Å². The molecule has 1 amide bonds. The van der Waals surface area contributed by atoms with Gasteiger partial charge in [0.05, 0.1) is 6.07 Å². The van der Waals surface area contributed by atoms with Gasteiger partial charge in [-0.1, -0.05) is 18.2 Å². The number of nitrogens with zero attached hydrogens (tertiary/aromatic N) is 1. The lowest BCUT2D eigenvalue weighted by molar-refractivity contribution is -0.122. The van der Waals surface area contributed by atoms with E-state index in [0.29, 0.717) is 5.75 Å². The predicted molar refractivity (Wildman–Crippen MR) is 81.9 cm³/mol. The fraction of sp³-hybridized carbons (Fsp3) is 0.235. The lowest BCUT2D eigenvalue weighted by Gasteiger charge is -2.10. The molecule has 1 atom stereocenters. The number of furan rings is 1. The Morgan fingerprint density at radius 2 is 1.87 bits per heavy atom. The third-order valence-corrected chi connectivity index (χ3v) is 2.87. The monoisotopic (exact) mass is 312 g/mol. The third kappa shape index (κ3) is 4.20. The van der Waals surface area contributed by atoms with Crippen molar-refractivity contribution in [1.82, 2.24) is 5.32 Å². The molecule has 0 saturated heterocycles. The number of amides is 1. The maximum Gasteiger partial charge on any atom is 0.290 e. The van der Waals surface area contributed by atoms with Crippen molar-refractivity contribution in [3.8, 4) is 17.8 Å². The second-order valence-electron chi connectivity index (χ2n) is 5.12. The zero-order valence-corrected chi connectivity index (χ0v) is 12.8. The first-order valence-corrected chi connectivity index (χ1v) is 7.08.